The Morgan fingerprint density at radius 1 is 0.903 bits per heavy atom. The molecular weight excluding hydrogens is 394 g/mol. The maximum atomic E-state index is 12.6. The Morgan fingerprint density at radius 2 is 1.61 bits per heavy atom. The molecule has 1 amide bonds. The molecule has 1 aromatic heterocycles. The maximum absolute atomic E-state index is 12.6. The molecule has 4 rings (SSSR count). The molecule has 0 saturated heterocycles. The van der Waals surface area contributed by atoms with Crippen LogP contribution < -0.4 is 11.0 Å². The monoisotopic (exact) mass is 415 g/mol. The van der Waals surface area contributed by atoms with Gasteiger partial charge in [-0.05, 0) is 42.8 Å². The predicted octanol–water partition coefficient (Wildman–Crippen LogP) is 3.83. The van der Waals surface area contributed by atoms with Gasteiger partial charge in [0, 0.05) is 12.1 Å². The van der Waals surface area contributed by atoms with E-state index in [4.69, 9.17) is 4.74 Å². The summed E-state index contributed by atoms with van der Waals surface area (Å²) in [5.74, 6) is -0.838. The highest BCUT2D eigenvalue weighted by Gasteiger charge is 2.15. The molecule has 7 nitrogen and oxygen atoms in total. The first kappa shape index (κ1) is 20.2. The number of aromatic amines is 1. The van der Waals surface area contributed by atoms with Crippen LogP contribution in [0.5, 0.6) is 0 Å². The number of anilines is 1. The number of nitrogens with one attached hydrogen (secondary N) is 2. The summed E-state index contributed by atoms with van der Waals surface area (Å²) in [6.07, 6.45) is 0.478. The maximum Gasteiger partial charge on any atom is 0.340 e. The Balaban J connectivity index is 1.37. The number of imidazole rings is 1. The van der Waals surface area contributed by atoms with Crippen LogP contribution in [-0.2, 0) is 11.3 Å². The van der Waals surface area contributed by atoms with Crippen molar-refractivity contribution in [2.24, 2.45) is 0 Å². The number of amides is 1. The molecule has 0 atom stereocenters. The second kappa shape index (κ2) is 9.13. The van der Waals surface area contributed by atoms with Gasteiger partial charge in [-0.2, -0.15) is 0 Å². The predicted molar refractivity (Wildman–Crippen MR) is 118 cm³/mol. The number of hydrogen-bond acceptors (Lipinski definition) is 4. The van der Waals surface area contributed by atoms with Crippen molar-refractivity contribution < 1.29 is 14.3 Å². The molecule has 3 aromatic carbocycles. The van der Waals surface area contributed by atoms with E-state index < -0.39 is 5.97 Å². The first-order chi connectivity index (χ1) is 15.1. The molecule has 0 saturated carbocycles. The SMILES string of the molecule is O=C(Nc1ccccc1C(=O)OCCCn1c(=O)[nH]c2ccccc21)c1ccccc1. The number of ether oxygens (including phenoxy) is 1. The van der Waals surface area contributed by atoms with Gasteiger partial charge in [-0.25, -0.2) is 9.59 Å². The minimum absolute atomic E-state index is 0.145. The molecule has 0 aliphatic rings. The second-order valence-electron chi connectivity index (χ2n) is 6.95. The second-order valence-corrected chi connectivity index (χ2v) is 6.95. The quantitative estimate of drug-likeness (QED) is 0.354. The van der Waals surface area contributed by atoms with Gasteiger partial charge in [-0.15, -0.1) is 0 Å². The first-order valence-corrected chi connectivity index (χ1v) is 9.93. The van der Waals surface area contributed by atoms with E-state index >= 15 is 0 Å². The Bertz CT molecular complexity index is 1270. The van der Waals surface area contributed by atoms with Crippen LogP contribution in [0.25, 0.3) is 11.0 Å². The zero-order valence-corrected chi connectivity index (χ0v) is 16.7. The average molecular weight is 415 g/mol. The van der Waals surface area contributed by atoms with Gasteiger partial charge in [0.25, 0.3) is 5.91 Å². The minimum atomic E-state index is -0.532. The number of carbonyl (C=O) groups excluding carboxylic acids is 2. The van der Waals surface area contributed by atoms with Crippen molar-refractivity contribution in [3.05, 3.63) is 100 Å². The van der Waals surface area contributed by atoms with Gasteiger partial charge >= 0.3 is 11.7 Å². The molecule has 156 valence electrons. The topological polar surface area (TPSA) is 93.2 Å². The highest BCUT2D eigenvalue weighted by Crippen LogP contribution is 2.18. The van der Waals surface area contributed by atoms with Crippen LogP contribution in [0.1, 0.15) is 27.1 Å². The average Bonchev–Trinajstić information content (AvgIpc) is 3.12. The van der Waals surface area contributed by atoms with Crippen LogP contribution in [0, 0.1) is 0 Å². The van der Waals surface area contributed by atoms with Crippen molar-refractivity contribution >= 4 is 28.6 Å². The molecule has 0 radical (unpaired) electrons. The standard InChI is InChI=1S/C24H21N3O4/c28-22(17-9-2-1-3-10-17)25-19-12-5-4-11-18(19)23(29)31-16-8-15-27-21-14-7-6-13-20(21)26-24(27)30/h1-7,9-14H,8,15-16H2,(H,25,28)(H,26,30). The highest BCUT2D eigenvalue weighted by atomic mass is 16.5. The summed E-state index contributed by atoms with van der Waals surface area (Å²) >= 11 is 0. The summed E-state index contributed by atoms with van der Waals surface area (Å²) in [6.45, 7) is 0.564. The van der Waals surface area contributed by atoms with Crippen LogP contribution in [0.4, 0.5) is 5.69 Å². The molecule has 7 heteroatoms. The van der Waals surface area contributed by atoms with Crippen molar-refractivity contribution in [1.82, 2.24) is 9.55 Å². The van der Waals surface area contributed by atoms with Crippen LogP contribution in [0.15, 0.2) is 83.7 Å². The van der Waals surface area contributed by atoms with Gasteiger partial charge < -0.3 is 15.0 Å². The fraction of sp³-hybridized carbons (Fsp3) is 0.125. The lowest BCUT2D eigenvalue weighted by molar-refractivity contribution is 0.0497. The third kappa shape index (κ3) is 4.56. The first-order valence-electron chi connectivity index (χ1n) is 9.93. The smallest absolute Gasteiger partial charge is 0.340 e. The largest absolute Gasteiger partial charge is 0.462 e. The zero-order valence-electron chi connectivity index (χ0n) is 16.7. The van der Waals surface area contributed by atoms with Gasteiger partial charge in [-0.1, -0.05) is 42.5 Å². The highest BCUT2D eigenvalue weighted by molar-refractivity contribution is 6.07. The lowest BCUT2D eigenvalue weighted by atomic mass is 10.1. The normalized spacial score (nSPS) is 10.7. The Hall–Kier alpha value is -4.13. The Morgan fingerprint density at radius 3 is 2.45 bits per heavy atom. The Labute approximate surface area is 178 Å². The summed E-state index contributed by atoms with van der Waals surface area (Å²) < 4.78 is 7.01. The molecular formula is C24H21N3O4. The van der Waals surface area contributed by atoms with Crippen LogP contribution in [0.2, 0.25) is 0 Å². The van der Waals surface area contributed by atoms with Crippen LogP contribution in [-0.4, -0.2) is 28.0 Å². The summed E-state index contributed by atoms with van der Waals surface area (Å²) in [6, 6.07) is 22.9. The number of para-hydroxylation sites is 3. The molecule has 0 fully saturated rings. The number of nitrogens with zero attached hydrogens (tertiary/aromatic N) is 1. The van der Waals surface area contributed by atoms with Crippen LogP contribution in [0.3, 0.4) is 0 Å². The number of fused-ring (bicyclic) bond motifs is 1. The molecule has 0 aliphatic carbocycles. The third-order valence-corrected chi connectivity index (χ3v) is 4.87. The van der Waals surface area contributed by atoms with E-state index in [-0.39, 0.29) is 23.8 Å². The van der Waals surface area contributed by atoms with Gasteiger partial charge in [0.1, 0.15) is 0 Å². The van der Waals surface area contributed by atoms with E-state index in [9.17, 15) is 14.4 Å². The third-order valence-electron chi connectivity index (χ3n) is 4.87. The lowest BCUT2D eigenvalue weighted by Crippen LogP contribution is -2.19. The molecule has 0 bridgehead atoms. The Kier molecular flexibility index (Phi) is 5.93. The summed E-state index contributed by atoms with van der Waals surface area (Å²) in [5, 5.41) is 2.76. The van der Waals surface area contributed by atoms with E-state index in [1.54, 1.807) is 53.1 Å². The van der Waals surface area contributed by atoms with E-state index in [0.717, 1.165) is 11.0 Å². The molecule has 0 unspecified atom stereocenters. The van der Waals surface area contributed by atoms with Gasteiger partial charge in [0.2, 0.25) is 0 Å². The van der Waals surface area contributed by atoms with Gasteiger partial charge in [-0.3, -0.25) is 9.36 Å². The number of esters is 1. The van der Waals surface area contributed by atoms with E-state index in [2.05, 4.69) is 10.3 Å². The molecule has 2 N–H and O–H groups in total. The number of rotatable bonds is 7. The lowest BCUT2D eigenvalue weighted by Gasteiger charge is -2.11. The molecule has 0 aliphatic heterocycles. The van der Waals surface area contributed by atoms with Gasteiger partial charge in [0.15, 0.2) is 0 Å². The van der Waals surface area contributed by atoms with Crippen molar-refractivity contribution in [1.29, 1.82) is 0 Å². The van der Waals surface area contributed by atoms with Crippen LogP contribution >= 0.6 is 0 Å². The van der Waals surface area contributed by atoms with Crippen molar-refractivity contribution in [2.45, 2.75) is 13.0 Å². The van der Waals surface area contributed by atoms with Crippen molar-refractivity contribution in [3.8, 4) is 0 Å². The summed E-state index contributed by atoms with van der Waals surface area (Å²) in [4.78, 5) is 39.9. The number of benzene rings is 3. The molecule has 31 heavy (non-hydrogen) atoms. The van der Waals surface area contributed by atoms with E-state index in [1.165, 1.54) is 0 Å². The summed E-state index contributed by atoms with van der Waals surface area (Å²) in [5.41, 5.74) is 2.54. The van der Waals surface area contributed by atoms with E-state index in [1.807, 2.05) is 30.3 Å². The minimum Gasteiger partial charge on any atom is -0.462 e. The van der Waals surface area contributed by atoms with E-state index in [0.29, 0.717) is 24.2 Å². The fourth-order valence-corrected chi connectivity index (χ4v) is 3.35. The zero-order chi connectivity index (χ0) is 21.6. The number of carbonyl (C=O) groups is 2. The fourth-order valence-electron chi connectivity index (χ4n) is 3.35. The number of aryl methyl sites for hydroxylation is 1. The molecule has 0 spiro atoms. The number of H-pyrrole nitrogens is 1. The van der Waals surface area contributed by atoms with Gasteiger partial charge in [0.05, 0.1) is 28.9 Å². The number of aromatic nitrogens is 2. The molecule has 4 aromatic rings. The van der Waals surface area contributed by atoms with Crippen molar-refractivity contribution in [2.75, 3.05) is 11.9 Å². The number of hydrogen-bond donors (Lipinski definition) is 2. The van der Waals surface area contributed by atoms with Crippen molar-refractivity contribution in [3.63, 3.8) is 0 Å². The summed E-state index contributed by atoms with van der Waals surface area (Å²) in [7, 11) is 0. The molecule has 1 heterocycles.